The van der Waals surface area contributed by atoms with Crippen LogP contribution >= 0.6 is 0 Å². The van der Waals surface area contributed by atoms with Crippen molar-refractivity contribution in [2.24, 2.45) is 16.7 Å². The zero-order chi connectivity index (χ0) is 46.9. The zero-order valence-corrected chi connectivity index (χ0v) is 41.4. The fraction of sp³-hybridized carbons (Fsp3) is 0.865. The van der Waals surface area contributed by atoms with Crippen LogP contribution in [0.1, 0.15) is 228 Å². The van der Waals surface area contributed by atoms with Crippen molar-refractivity contribution < 1.29 is 53.3 Å². The van der Waals surface area contributed by atoms with Crippen LogP contribution < -0.4 is 0 Å². The quantitative estimate of drug-likeness (QED) is 0.0119. The molecule has 0 aromatic rings. The largest absolute Gasteiger partial charge is 0.465 e. The van der Waals surface area contributed by atoms with E-state index >= 15 is 0 Å². The Bertz CT molecular complexity index is 1140. The molecule has 0 aliphatic heterocycles. The maximum absolute atomic E-state index is 13.8. The summed E-state index contributed by atoms with van der Waals surface area (Å²) in [7, 11) is 0. The van der Waals surface area contributed by atoms with Crippen LogP contribution in [0.4, 0.5) is 0 Å². The van der Waals surface area contributed by atoms with Crippen molar-refractivity contribution in [3.63, 3.8) is 0 Å². The molecule has 0 heterocycles. The summed E-state index contributed by atoms with van der Waals surface area (Å²) in [4.78, 5) is 60.4. The maximum atomic E-state index is 13.8. The van der Waals surface area contributed by atoms with E-state index in [1.165, 1.54) is 134 Å². The zero-order valence-electron chi connectivity index (χ0n) is 41.4. The Morgan fingerprint density at radius 3 is 1.44 bits per heavy atom. The molecule has 0 saturated carbocycles. The molecule has 0 spiro atoms. The number of rotatable bonds is 47. The van der Waals surface area contributed by atoms with Crippen molar-refractivity contribution in [1.29, 1.82) is 0 Å². The van der Waals surface area contributed by atoms with Gasteiger partial charge in [-0.05, 0) is 52.9 Å². The normalized spacial score (nSPS) is 13.5. The lowest BCUT2D eigenvalue weighted by molar-refractivity contribution is -0.317. The Balaban J connectivity index is 5.08. The summed E-state index contributed by atoms with van der Waals surface area (Å²) in [6.07, 6.45) is 33.1. The van der Waals surface area contributed by atoms with Gasteiger partial charge in [0.05, 0.1) is 30.0 Å². The SMILES string of the molecule is C=CCOOCC(=C)OOCC(O)COC(=O)C(C)(C)CC(CC(C)(CC)C(=O)OCCCCCCCCCCCC)C(=O)OCCCCCCCCCCCCCCCCCC. The molecule has 0 aromatic carbocycles. The lowest BCUT2D eigenvalue weighted by atomic mass is 9.73. The van der Waals surface area contributed by atoms with Gasteiger partial charge in [0, 0.05) is 0 Å². The summed E-state index contributed by atoms with van der Waals surface area (Å²) < 4.78 is 17.1. The minimum atomic E-state index is -1.19. The minimum absolute atomic E-state index is 0.0917. The number of aliphatic hydroxyl groups is 1. The number of carbonyl (C=O) groups is 3. The number of carbonyl (C=O) groups excluding carboxylic acids is 3. The van der Waals surface area contributed by atoms with Crippen LogP contribution in [0.3, 0.4) is 0 Å². The first-order chi connectivity index (χ1) is 30.4. The van der Waals surface area contributed by atoms with E-state index in [4.69, 9.17) is 33.8 Å². The molecule has 0 bridgehead atoms. The van der Waals surface area contributed by atoms with Gasteiger partial charge in [0.15, 0.2) is 5.76 Å². The summed E-state index contributed by atoms with van der Waals surface area (Å²) in [5.41, 5.74) is -2.09. The highest BCUT2D eigenvalue weighted by Gasteiger charge is 2.43. The second kappa shape index (κ2) is 41.0. The number of unbranched alkanes of at least 4 members (excludes halogenated alkanes) is 24. The summed E-state index contributed by atoms with van der Waals surface area (Å²) in [6, 6.07) is 0. The Kier molecular flexibility index (Phi) is 39.4. The predicted octanol–water partition coefficient (Wildman–Crippen LogP) is 13.6. The van der Waals surface area contributed by atoms with Gasteiger partial charge in [-0.1, -0.05) is 188 Å². The van der Waals surface area contributed by atoms with Crippen LogP contribution in [-0.2, 0) is 48.1 Å². The van der Waals surface area contributed by atoms with Crippen LogP contribution in [0, 0.1) is 16.7 Å². The lowest BCUT2D eigenvalue weighted by Gasteiger charge is -2.33. The van der Waals surface area contributed by atoms with Crippen LogP contribution in [0.25, 0.3) is 0 Å². The summed E-state index contributed by atoms with van der Waals surface area (Å²) in [5.74, 6) is -2.01. The summed E-state index contributed by atoms with van der Waals surface area (Å²) in [6.45, 7) is 18.9. The van der Waals surface area contributed by atoms with E-state index in [-0.39, 0.29) is 51.0 Å². The summed E-state index contributed by atoms with van der Waals surface area (Å²) in [5, 5.41) is 10.4. The third-order valence-corrected chi connectivity index (χ3v) is 11.9. The molecule has 1 N–H and O–H groups in total. The molecular weight excluding hydrogens is 801 g/mol. The number of aliphatic hydroxyl groups excluding tert-OH is 1. The molecular formula is C52H96O11. The molecule has 0 rings (SSSR count). The van der Waals surface area contributed by atoms with E-state index in [0.717, 1.165) is 38.5 Å². The molecule has 0 aliphatic rings. The van der Waals surface area contributed by atoms with Gasteiger partial charge in [-0.3, -0.25) is 14.4 Å². The maximum Gasteiger partial charge on any atom is 0.311 e. The second-order valence-electron chi connectivity index (χ2n) is 18.7. The molecule has 0 radical (unpaired) electrons. The monoisotopic (exact) mass is 897 g/mol. The third kappa shape index (κ3) is 34.5. The Morgan fingerprint density at radius 2 is 1.00 bits per heavy atom. The highest BCUT2D eigenvalue weighted by molar-refractivity contribution is 5.80. The molecule has 370 valence electrons. The predicted molar refractivity (Wildman–Crippen MR) is 253 cm³/mol. The highest BCUT2D eigenvalue weighted by atomic mass is 17.2. The number of hydrogen-bond acceptors (Lipinski definition) is 11. The van der Waals surface area contributed by atoms with Crippen molar-refractivity contribution in [3.05, 3.63) is 25.0 Å². The van der Waals surface area contributed by atoms with E-state index in [2.05, 4.69) is 27.0 Å². The molecule has 3 unspecified atom stereocenters. The third-order valence-electron chi connectivity index (χ3n) is 11.9. The molecule has 0 amide bonds. The van der Waals surface area contributed by atoms with Crippen molar-refractivity contribution in [2.75, 3.05) is 39.6 Å². The van der Waals surface area contributed by atoms with Crippen LogP contribution in [0.5, 0.6) is 0 Å². The standard InChI is InChI=1S/C52H96O11/c1-9-13-15-17-19-21-23-24-25-26-27-28-30-31-33-35-38-57-48(54)46(41-52(8,12-4)50(56)58-39-36-34-32-29-22-20-18-16-14-10-2)40-51(6,7)49(55)59-43-47(53)44-62-63-45(5)42-61-60-37-11-3/h11,46-47,53H,3,5,9-10,12-44H2,1-2,4,6-8H3. The van der Waals surface area contributed by atoms with Gasteiger partial charge in [-0.25, -0.2) is 9.78 Å². The van der Waals surface area contributed by atoms with Gasteiger partial charge in [0.25, 0.3) is 0 Å². The van der Waals surface area contributed by atoms with Gasteiger partial charge in [-0.2, -0.15) is 4.89 Å². The smallest absolute Gasteiger partial charge is 0.311 e. The molecule has 0 aliphatic carbocycles. The number of hydrogen-bond donors (Lipinski definition) is 1. The fourth-order valence-electron chi connectivity index (χ4n) is 7.56. The first kappa shape index (κ1) is 60.5. The molecule has 3 atom stereocenters. The molecule has 11 nitrogen and oxygen atoms in total. The molecule has 11 heteroatoms. The van der Waals surface area contributed by atoms with E-state index < -0.39 is 34.8 Å². The minimum Gasteiger partial charge on any atom is -0.465 e. The van der Waals surface area contributed by atoms with E-state index in [1.807, 2.05) is 13.8 Å². The number of ether oxygens (including phenoxy) is 3. The fourth-order valence-corrected chi connectivity index (χ4v) is 7.56. The first-order valence-electron chi connectivity index (χ1n) is 25.4. The highest BCUT2D eigenvalue weighted by Crippen LogP contribution is 2.38. The molecule has 0 fully saturated rings. The number of esters is 3. The van der Waals surface area contributed by atoms with Crippen molar-refractivity contribution >= 4 is 17.9 Å². The van der Waals surface area contributed by atoms with Crippen molar-refractivity contribution in [2.45, 2.75) is 234 Å². The van der Waals surface area contributed by atoms with E-state index in [0.29, 0.717) is 19.6 Å². The second-order valence-corrected chi connectivity index (χ2v) is 18.7. The Morgan fingerprint density at radius 1 is 0.556 bits per heavy atom. The van der Waals surface area contributed by atoms with Gasteiger partial charge < -0.3 is 24.2 Å². The van der Waals surface area contributed by atoms with Gasteiger partial charge in [-0.15, -0.1) is 6.58 Å². The van der Waals surface area contributed by atoms with E-state index in [1.54, 1.807) is 13.8 Å². The van der Waals surface area contributed by atoms with Crippen molar-refractivity contribution in [1.82, 2.24) is 0 Å². The topological polar surface area (TPSA) is 136 Å². The summed E-state index contributed by atoms with van der Waals surface area (Å²) >= 11 is 0. The van der Waals surface area contributed by atoms with Crippen LogP contribution in [0.2, 0.25) is 0 Å². The van der Waals surface area contributed by atoms with Crippen LogP contribution in [-0.4, -0.2) is 68.8 Å². The molecule has 0 aromatic heterocycles. The Labute approximate surface area is 385 Å². The van der Waals surface area contributed by atoms with Gasteiger partial charge in [0.2, 0.25) is 0 Å². The first-order valence-corrected chi connectivity index (χ1v) is 25.4. The lowest BCUT2D eigenvalue weighted by Crippen LogP contribution is -2.39. The Hall–Kier alpha value is -2.47. The molecule has 63 heavy (non-hydrogen) atoms. The van der Waals surface area contributed by atoms with Gasteiger partial charge >= 0.3 is 17.9 Å². The van der Waals surface area contributed by atoms with E-state index in [9.17, 15) is 19.5 Å². The van der Waals surface area contributed by atoms with Crippen LogP contribution in [0.15, 0.2) is 25.0 Å². The molecule has 0 saturated heterocycles. The van der Waals surface area contributed by atoms with Gasteiger partial charge in [0.1, 0.15) is 32.5 Å². The average Bonchev–Trinajstić information content (AvgIpc) is 3.26. The van der Waals surface area contributed by atoms with Crippen molar-refractivity contribution in [3.8, 4) is 0 Å². The average molecular weight is 897 g/mol.